The molecule has 0 heterocycles. The number of allylic oxidation sites excluding steroid dienone is 1. The molecule has 0 spiro atoms. The SMILES string of the molecule is COCCOC(=O)/C=C(/C)N=NC(=O)OC. The average molecular weight is 230 g/mol. The van der Waals surface area contributed by atoms with Gasteiger partial charge in [0.25, 0.3) is 0 Å². The number of nitrogens with zero attached hydrogens (tertiary/aromatic N) is 2. The zero-order chi connectivity index (χ0) is 12.4. The van der Waals surface area contributed by atoms with E-state index in [1.165, 1.54) is 21.1 Å². The predicted molar refractivity (Wildman–Crippen MR) is 53.9 cm³/mol. The van der Waals surface area contributed by atoms with Crippen molar-refractivity contribution in [2.75, 3.05) is 27.4 Å². The third-order valence-corrected chi connectivity index (χ3v) is 1.32. The first-order chi connectivity index (χ1) is 7.60. The molecule has 0 aliphatic carbocycles. The van der Waals surface area contributed by atoms with Gasteiger partial charge in [-0.05, 0) is 6.92 Å². The van der Waals surface area contributed by atoms with Gasteiger partial charge in [-0.15, -0.1) is 5.11 Å². The summed E-state index contributed by atoms with van der Waals surface area (Å²) in [6.45, 7) is 1.99. The summed E-state index contributed by atoms with van der Waals surface area (Å²) in [6, 6.07) is 0. The molecule has 0 unspecified atom stereocenters. The van der Waals surface area contributed by atoms with Gasteiger partial charge in [0.2, 0.25) is 0 Å². The fourth-order valence-corrected chi connectivity index (χ4v) is 0.627. The average Bonchev–Trinajstić information content (AvgIpc) is 2.26. The van der Waals surface area contributed by atoms with Gasteiger partial charge in [-0.2, -0.15) is 0 Å². The van der Waals surface area contributed by atoms with E-state index in [-0.39, 0.29) is 12.3 Å². The van der Waals surface area contributed by atoms with Crippen LogP contribution in [0.25, 0.3) is 0 Å². The quantitative estimate of drug-likeness (QED) is 0.307. The summed E-state index contributed by atoms with van der Waals surface area (Å²) in [4.78, 5) is 21.6. The number of amides is 1. The van der Waals surface area contributed by atoms with Crippen LogP contribution in [0.2, 0.25) is 0 Å². The summed E-state index contributed by atoms with van der Waals surface area (Å²) in [5.74, 6) is -0.571. The predicted octanol–water partition coefficient (Wildman–Crippen LogP) is 1.30. The maximum atomic E-state index is 11.1. The maximum absolute atomic E-state index is 11.1. The first-order valence-electron chi connectivity index (χ1n) is 4.43. The van der Waals surface area contributed by atoms with Crippen molar-refractivity contribution in [1.82, 2.24) is 0 Å². The lowest BCUT2D eigenvalue weighted by Crippen LogP contribution is -2.07. The van der Waals surface area contributed by atoms with Crippen molar-refractivity contribution in [3.8, 4) is 0 Å². The second kappa shape index (κ2) is 8.54. The van der Waals surface area contributed by atoms with Gasteiger partial charge in [-0.3, -0.25) is 0 Å². The minimum absolute atomic E-state index is 0.160. The lowest BCUT2D eigenvalue weighted by Gasteiger charge is -1.99. The van der Waals surface area contributed by atoms with Crippen LogP contribution in [0.3, 0.4) is 0 Å². The van der Waals surface area contributed by atoms with Crippen molar-refractivity contribution in [1.29, 1.82) is 0 Å². The lowest BCUT2D eigenvalue weighted by molar-refractivity contribution is -0.139. The molecule has 0 atom stereocenters. The fourth-order valence-electron chi connectivity index (χ4n) is 0.627. The van der Waals surface area contributed by atoms with Crippen LogP contribution >= 0.6 is 0 Å². The van der Waals surface area contributed by atoms with Gasteiger partial charge in [0, 0.05) is 13.2 Å². The normalized spacial score (nSPS) is 11.6. The molecule has 0 aromatic heterocycles. The van der Waals surface area contributed by atoms with E-state index in [1.54, 1.807) is 0 Å². The molecule has 0 saturated heterocycles. The summed E-state index contributed by atoms with van der Waals surface area (Å²) in [7, 11) is 2.68. The van der Waals surface area contributed by atoms with Crippen molar-refractivity contribution >= 4 is 12.1 Å². The molecule has 0 radical (unpaired) electrons. The highest BCUT2D eigenvalue weighted by atomic mass is 16.6. The van der Waals surface area contributed by atoms with E-state index >= 15 is 0 Å². The Labute approximate surface area is 93.1 Å². The monoisotopic (exact) mass is 230 g/mol. The van der Waals surface area contributed by atoms with E-state index in [2.05, 4.69) is 19.7 Å². The van der Waals surface area contributed by atoms with Crippen LogP contribution in [-0.4, -0.2) is 39.5 Å². The molecule has 0 aromatic carbocycles. The molecule has 0 rings (SSSR count). The number of ether oxygens (including phenoxy) is 3. The second-order valence-electron chi connectivity index (χ2n) is 2.62. The van der Waals surface area contributed by atoms with E-state index in [0.29, 0.717) is 6.61 Å². The minimum atomic E-state index is -0.833. The van der Waals surface area contributed by atoms with E-state index in [9.17, 15) is 9.59 Å². The first kappa shape index (κ1) is 14.2. The Kier molecular flexibility index (Phi) is 7.60. The molecule has 7 heteroatoms. The van der Waals surface area contributed by atoms with Gasteiger partial charge in [0.1, 0.15) is 6.61 Å². The van der Waals surface area contributed by atoms with Crippen LogP contribution in [0.5, 0.6) is 0 Å². The molecule has 0 aliphatic heterocycles. The third kappa shape index (κ3) is 7.63. The number of hydrogen-bond acceptors (Lipinski definition) is 6. The summed E-state index contributed by atoms with van der Waals surface area (Å²) in [5, 5.41) is 6.60. The molecule has 1 amide bonds. The molecule has 16 heavy (non-hydrogen) atoms. The Hall–Kier alpha value is -1.76. The Morgan fingerprint density at radius 3 is 2.44 bits per heavy atom. The van der Waals surface area contributed by atoms with Crippen molar-refractivity contribution < 1.29 is 23.8 Å². The van der Waals surface area contributed by atoms with Gasteiger partial charge in [-0.1, -0.05) is 5.11 Å². The first-order valence-corrected chi connectivity index (χ1v) is 4.43. The minimum Gasteiger partial charge on any atom is -0.460 e. The number of esters is 1. The Balaban J connectivity index is 4.05. The van der Waals surface area contributed by atoms with Gasteiger partial charge in [-0.25, -0.2) is 9.59 Å². The van der Waals surface area contributed by atoms with Crippen LogP contribution in [0, 0.1) is 0 Å². The van der Waals surface area contributed by atoms with Crippen LogP contribution in [0.15, 0.2) is 22.0 Å². The number of carbonyl (C=O) groups excluding carboxylic acids is 2. The highest BCUT2D eigenvalue weighted by molar-refractivity contribution is 5.82. The van der Waals surface area contributed by atoms with Gasteiger partial charge in [0.15, 0.2) is 0 Å². The van der Waals surface area contributed by atoms with Crippen LogP contribution in [-0.2, 0) is 19.0 Å². The summed E-state index contributed by atoms with van der Waals surface area (Å²) >= 11 is 0. The second-order valence-corrected chi connectivity index (χ2v) is 2.62. The van der Waals surface area contributed by atoms with E-state index in [4.69, 9.17) is 4.74 Å². The molecular weight excluding hydrogens is 216 g/mol. The molecule has 0 aliphatic rings. The van der Waals surface area contributed by atoms with E-state index in [1.807, 2.05) is 0 Å². The number of hydrogen-bond donors (Lipinski definition) is 0. The zero-order valence-corrected chi connectivity index (χ0v) is 9.43. The number of carbonyl (C=O) groups is 2. The number of azo groups is 1. The molecule has 0 fully saturated rings. The summed E-state index contributed by atoms with van der Waals surface area (Å²) < 4.78 is 13.6. The lowest BCUT2D eigenvalue weighted by atomic mass is 10.4. The summed E-state index contributed by atoms with van der Waals surface area (Å²) in [6.07, 6.45) is 0.280. The molecule has 90 valence electrons. The van der Waals surface area contributed by atoms with Crippen LogP contribution in [0.1, 0.15) is 6.92 Å². The van der Waals surface area contributed by atoms with Gasteiger partial charge in [0.05, 0.1) is 19.4 Å². The van der Waals surface area contributed by atoms with E-state index in [0.717, 1.165) is 6.08 Å². The third-order valence-electron chi connectivity index (χ3n) is 1.32. The van der Waals surface area contributed by atoms with Crippen molar-refractivity contribution in [3.05, 3.63) is 11.8 Å². The van der Waals surface area contributed by atoms with Crippen molar-refractivity contribution in [2.24, 2.45) is 10.2 Å². The fraction of sp³-hybridized carbons (Fsp3) is 0.556. The molecule has 0 bridgehead atoms. The Bertz CT molecular complexity index is 298. The molecule has 0 aromatic rings. The number of rotatable bonds is 5. The van der Waals surface area contributed by atoms with Crippen LogP contribution in [0.4, 0.5) is 4.79 Å². The number of methoxy groups -OCH3 is 2. The zero-order valence-electron chi connectivity index (χ0n) is 9.43. The largest absolute Gasteiger partial charge is 0.460 e. The highest BCUT2D eigenvalue weighted by Gasteiger charge is 1.99. The van der Waals surface area contributed by atoms with E-state index < -0.39 is 12.1 Å². The summed E-state index contributed by atoms with van der Waals surface area (Å²) in [5.41, 5.74) is 0.243. The Morgan fingerprint density at radius 2 is 1.88 bits per heavy atom. The Morgan fingerprint density at radius 1 is 1.19 bits per heavy atom. The molecular formula is C9H14N2O5. The van der Waals surface area contributed by atoms with Gasteiger partial charge >= 0.3 is 12.1 Å². The molecule has 0 saturated carbocycles. The highest BCUT2D eigenvalue weighted by Crippen LogP contribution is 1.98. The van der Waals surface area contributed by atoms with Crippen molar-refractivity contribution in [2.45, 2.75) is 6.92 Å². The topological polar surface area (TPSA) is 86.5 Å². The standard InChI is InChI=1S/C9H14N2O5/c1-7(10-11-9(13)15-3)6-8(12)16-5-4-14-2/h6H,4-5H2,1-3H3/b7-6-,11-10?. The van der Waals surface area contributed by atoms with Crippen molar-refractivity contribution in [3.63, 3.8) is 0 Å². The van der Waals surface area contributed by atoms with Gasteiger partial charge < -0.3 is 14.2 Å². The van der Waals surface area contributed by atoms with Crippen LogP contribution < -0.4 is 0 Å². The smallest absolute Gasteiger partial charge is 0.452 e. The maximum Gasteiger partial charge on any atom is 0.452 e. The molecule has 0 N–H and O–H groups in total. The molecule has 7 nitrogen and oxygen atoms in total.